The summed E-state index contributed by atoms with van der Waals surface area (Å²) in [5.41, 5.74) is -0.922. The van der Waals surface area contributed by atoms with E-state index in [0.29, 0.717) is 31.9 Å². The van der Waals surface area contributed by atoms with Crippen LogP contribution >= 0.6 is 0 Å². The van der Waals surface area contributed by atoms with Crippen LogP contribution in [0.5, 0.6) is 11.5 Å². The number of hydrogen-bond donors (Lipinski definition) is 1. The van der Waals surface area contributed by atoms with E-state index >= 15 is 0 Å². The Labute approximate surface area is 210 Å². The Morgan fingerprint density at radius 1 is 1.14 bits per heavy atom. The van der Waals surface area contributed by atoms with Crippen molar-refractivity contribution in [2.45, 2.75) is 102 Å². The van der Waals surface area contributed by atoms with E-state index in [9.17, 15) is 9.90 Å². The van der Waals surface area contributed by atoms with Gasteiger partial charge in [0.25, 0.3) is 5.79 Å². The first kappa shape index (κ1) is 26.1. The molecular formula is C28H43NO6. The lowest BCUT2D eigenvalue weighted by Gasteiger charge is -2.43. The maximum absolute atomic E-state index is 12.9. The number of para-hydroxylation sites is 1. The Morgan fingerprint density at radius 3 is 2.63 bits per heavy atom. The fourth-order valence-electron chi connectivity index (χ4n) is 5.80. The molecule has 1 saturated carbocycles. The number of likely N-dealkylation sites (tertiary alicyclic amines) is 1. The minimum atomic E-state index is -1.15. The number of unbranched alkanes of at least 4 members (excludes halogenated alkanes) is 1. The summed E-state index contributed by atoms with van der Waals surface area (Å²) >= 11 is 0. The normalized spacial score (nSPS) is 23.2. The SMILES string of the molecule is COCCCC[C@@](O)(c1cccc2c1OC1(CCCCC1)O2)C1CCCN(C(=O)OC(C)(C)C)C1. The number of aliphatic hydroxyl groups is 1. The van der Waals surface area contributed by atoms with Gasteiger partial charge >= 0.3 is 6.09 Å². The Hall–Kier alpha value is -1.99. The van der Waals surface area contributed by atoms with E-state index in [1.54, 1.807) is 12.0 Å². The second-order valence-corrected chi connectivity index (χ2v) is 11.4. The molecule has 2 heterocycles. The zero-order valence-electron chi connectivity index (χ0n) is 21.9. The number of carbonyl (C=O) groups is 1. The van der Waals surface area contributed by atoms with E-state index in [1.807, 2.05) is 39.0 Å². The Balaban J connectivity index is 1.62. The molecule has 2 fully saturated rings. The average Bonchev–Trinajstić information content (AvgIpc) is 3.18. The fourth-order valence-corrected chi connectivity index (χ4v) is 5.80. The monoisotopic (exact) mass is 489 g/mol. The lowest BCUT2D eigenvalue weighted by molar-refractivity contribution is -0.108. The number of piperidine rings is 1. The van der Waals surface area contributed by atoms with Crippen LogP contribution in [0.15, 0.2) is 18.2 Å². The maximum atomic E-state index is 12.9. The highest BCUT2D eigenvalue weighted by Crippen LogP contribution is 2.52. The maximum Gasteiger partial charge on any atom is 0.410 e. The summed E-state index contributed by atoms with van der Waals surface area (Å²) in [4.78, 5) is 14.6. The van der Waals surface area contributed by atoms with Gasteiger partial charge in [-0.1, -0.05) is 18.6 Å². The molecule has 1 spiro atoms. The molecule has 4 rings (SSSR count). The molecule has 1 unspecified atom stereocenters. The summed E-state index contributed by atoms with van der Waals surface area (Å²) in [5.74, 6) is 0.657. The van der Waals surface area contributed by atoms with Gasteiger partial charge in [-0.15, -0.1) is 0 Å². The molecule has 196 valence electrons. The Bertz CT molecular complexity index is 875. The number of hydrogen-bond acceptors (Lipinski definition) is 6. The van der Waals surface area contributed by atoms with Crippen molar-refractivity contribution >= 4 is 6.09 Å². The molecule has 2 atom stereocenters. The van der Waals surface area contributed by atoms with Crippen LogP contribution in [0.2, 0.25) is 0 Å². The third-order valence-electron chi connectivity index (χ3n) is 7.55. The van der Waals surface area contributed by atoms with Crippen LogP contribution in [0, 0.1) is 5.92 Å². The molecule has 1 N–H and O–H groups in total. The van der Waals surface area contributed by atoms with Gasteiger partial charge in [-0.3, -0.25) is 0 Å². The van der Waals surface area contributed by atoms with Crippen molar-refractivity contribution in [2.24, 2.45) is 5.92 Å². The molecule has 7 heteroatoms. The van der Waals surface area contributed by atoms with Gasteiger partial charge in [0.05, 0.1) is 5.60 Å². The van der Waals surface area contributed by atoms with Gasteiger partial charge in [-0.25, -0.2) is 4.79 Å². The number of ether oxygens (including phenoxy) is 4. The number of nitrogens with zero attached hydrogens (tertiary/aromatic N) is 1. The van der Waals surface area contributed by atoms with Crippen molar-refractivity contribution in [2.75, 3.05) is 26.8 Å². The first-order valence-electron chi connectivity index (χ1n) is 13.4. The summed E-state index contributed by atoms with van der Waals surface area (Å²) < 4.78 is 23.8. The highest BCUT2D eigenvalue weighted by Gasteiger charge is 2.49. The standard InChI is InChI=1S/C28H43NO6/c1-26(2,3)35-25(30)29-18-11-12-21(20-29)28(31,17-8-9-19-32-4)22-13-10-14-23-24(22)34-27(33-23)15-6-5-7-16-27/h10,13-14,21,31H,5-9,11-12,15-20H2,1-4H3/t21?,28-/m0/s1. The van der Waals surface area contributed by atoms with Crippen LogP contribution in [0.4, 0.5) is 4.79 Å². The minimum Gasteiger partial charge on any atom is -0.448 e. The molecule has 1 aromatic rings. The molecule has 0 bridgehead atoms. The summed E-state index contributed by atoms with van der Waals surface area (Å²) in [6, 6.07) is 5.88. The summed E-state index contributed by atoms with van der Waals surface area (Å²) in [7, 11) is 1.70. The van der Waals surface area contributed by atoms with Crippen molar-refractivity contribution in [3.05, 3.63) is 23.8 Å². The van der Waals surface area contributed by atoms with Crippen molar-refractivity contribution in [3.8, 4) is 11.5 Å². The Morgan fingerprint density at radius 2 is 1.91 bits per heavy atom. The zero-order valence-corrected chi connectivity index (χ0v) is 21.9. The molecule has 0 aromatic heterocycles. The lowest BCUT2D eigenvalue weighted by Crippen LogP contribution is -2.49. The fraction of sp³-hybridized carbons (Fsp3) is 0.750. The van der Waals surface area contributed by atoms with Gasteiger partial charge in [0.2, 0.25) is 0 Å². The lowest BCUT2D eigenvalue weighted by atomic mass is 9.73. The van der Waals surface area contributed by atoms with E-state index in [-0.39, 0.29) is 12.0 Å². The molecule has 35 heavy (non-hydrogen) atoms. The first-order valence-corrected chi connectivity index (χ1v) is 13.4. The highest BCUT2D eigenvalue weighted by atomic mass is 16.7. The zero-order chi connectivity index (χ0) is 25.1. The second kappa shape index (κ2) is 10.6. The van der Waals surface area contributed by atoms with Gasteiger partial charge in [0.15, 0.2) is 11.5 Å². The molecule has 2 aliphatic heterocycles. The van der Waals surface area contributed by atoms with Crippen molar-refractivity contribution in [1.82, 2.24) is 4.90 Å². The number of rotatable bonds is 7. The third-order valence-corrected chi connectivity index (χ3v) is 7.55. The Kier molecular flexibility index (Phi) is 7.86. The van der Waals surface area contributed by atoms with Gasteiger partial charge in [-0.05, 0) is 71.8 Å². The van der Waals surface area contributed by atoms with Crippen molar-refractivity contribution in [1.29, 1.82) is 0 Å². The van der Waals surface area contributed by atoms with E-state index in [0.717, 1.165) is 62.7 Å². The molecule has 7 nitrogen and oxygen atoms in total. The van der Waals surface area contributed by atoms with Crippen LogP contribution in [0.3, 0.4) is 0 Å². The first-order chi connectivity index (χ1) is 16.7. The minimum absolute atomic E-state index is 0.135. The smallest absolute Gasteiger partial charge is 0.410 e. The molecule has 1 aromatic carbocycles. The van der Waals surface area contributed by atoms with E-state index in [1.165, 1.54) is 6.42 Å². The van der Waals surface area contributed by atoms with E-state index in [2.05, 4.69) is 0 Å². The summed E-state index contributed by atoms with van der Waals surface area (Å²) in [6.07, 6.45) is 8.65. The third kappa shape index (κ3) is 5.88. The van der Waals surface area contributed by atoms with Gasteiger partial charge in [0, 0.05) is 51.1 Å². The second-order valence-electron chi connectivity index (χ2n) is 11.4. The molecule has 1 saturated heterocycles. The number of fused-ring (bicyclic) bond motifs is 1. The summed E-state index contributed by atoms with van der Waals surface area (Å²) in [5, 5.41) is 12.4. The molecule has 1 aliphatic carbocycles. The van der Waals surface area contributed by atoms with Crippen LogP contribution in [0.1, 0.15) is 90.5 Å². The average molecular weight is 490 g/mol. The number of methoxy groups -OCH3 is 1. The summed E-state index contributed by atoms with van der Waals surface area (Å²) in [6.45, 7) is 7.38. The van der Waals surface area contributed by atoms with Crippen LogP contribution in [0.25, 0.3) is 0 Å². The van der Waals surface area contributed by atoms with Crippen LogP contribution in [-0.4, -0.2) is 54.3 Å². The van der Waals surface area contributed by atoms with Crippen LogP contribution in [-0.2, 0) is 15.1 Å². The van der Waals surface area contributed by atoms with Crippen LogP contribution < -0.4 is 9.47 Å². The van der Waals surface area contributed by atoms with Gasteiger partial charge < -0.3 is 29.0 Å². The predicted octanol–water partition coefficient (Wildman–Crippen LogP) is 5.77. The largest absolute Gasteiger partial charge is 0.448 e. The van der Waals surface area contributed by atoms with Crippen molar-refractivity contribution in [3.63, 3.8) is 0 Å². The van der Waals surface area contributed by atoms with Gasteiger partial charge in [0.1, 0.15) is 5.60 Å². The van der Waals surface area contributed by atoms with E-state index < -0.39 is 17.0 Å². The van der Waals surface area contributed by atoms with Gasteiger partial charge in [-0.2, -0.15) is 0 Å². The molecule has 3 aliphatic rings. The molecule has 1 amide bonds. The van der Waals surface area contributed by atoms with E-state index in [4.69, 9.17) is 18.9 Å². The highest BCUT2D eigenvalue weighted by molar-refractivity contribution is 5.68. The molecule has 0 radical (unpaired) electrons. The quantitative estimate of drug-likeness (QED) is 0.490. The number of benzene rings is 1. The number of amides is 1. The predicted molar refractivity (Wildman–Crippen MR) is 134 cm³/mol. The van der Waals surface area contributed by atoms with Crippen molar-refractivity contribution < 1.29 is 28.8 Å². The molecular weight excluding hydrogens is 446 g/mol. The number of carbonyl (C=O) groups excluding carboxylic acids is 1. The topological polar surface area (TPSA) is 77.5 Å².